The van der Waals surface area contributed by atoms with Crippen LogP contribution in [0.5, 0.6) is 0 Å². The van der Waals surface area contributed by atoms with Gasteiger partial charge in [0.15, 0.2) is 5.65 Å². The van der Waals surface area contributed by atoms with Crippen LogP contribution in [0.4, 0.5) is 5.95 Å². The van der Waals surface area contributed by atoms with Crippen molar-refractivity contribution < 1.29 is 9.53 Å². The number of thioether (sulfide) groups is 1. The molecular weight excluding hydrogens is 348 g/mol. The van der Waals surface area contributed by atoms with E-state index >= 15 is 0 Å². The second-order valence-electron chi connectivity index (χ2n) is 7.41. The maximum Gasteiger partial charge on any atom is 0.306 e. The van der Waals surface area contributed by atoms with Gasteiger partial charge in [-0.1, -0.05) is 12.8 Å². The quantitative estimate of drug-likeness (QED) is 0.589. The molecule has 2 fully saturated rings. The highest BCUT2D eigenvalue weighted by molar-refractivity contribution is 7.99. The number of fused-ring (bicyclic) bond motifs is 1. The first-order valence-electron chi connectivity index (χ1n) is 9.47. The molecular formula is C19H26N4O2S. The molecule has 1 spiro atoms. The molecule has 0 atom stereocenters. The van der Waals surface area contributed by atoms with Crippen molar-refractivity contribution in [2.24, 2.45) is 5.41 Å². The molecule has 0 aromatic carbocycles. The van der Waals surface area contributed by atoms with E-state index in [1.807, 2.05) is 18.6 Å². The Bertz CT molecular complexity index is 775. The lowest BCUT2D eigenvalue weighted by Crippen LogP contribution is -2.40. The SMILES string of the molecule is COC(=O)CCSc1cnc(N2CCC3(CCCC3)CC2)n2ccnc12. The third-order valence-electron chi connectivity index (χ3n) is 5.94. The van der Waals surface area contributed by atoms with Gasteiger partial charge >= 0.3 is 5.97 Å². The second-order valence-corrected chi connectivity index (χ2v) is 8.55. The first-order valence-corrected chi connectivity index (χ1v) is 10.5. The second kappa shape index (κ2) is 7.47. The number of aromatic nitrogens is 3. The standard InChI is InChI=1S/C19H26N4O2S/c1-25-16(24)4-13-26-15-14-21-18(23-12-9-20-17(15)23)22-10-7-19(8-11-22)5-2-3-6-19/h9,12,14H,2-8,10-11,13H2,1H3. The number of carbonyl (C=O) groups excluding carboxylic acids is 1. The summed E-state index contributed by atoms with van der Waals surface area (Å²) < 4.78 is 6.79. The predicted molar refractivity (Wildman–Crippen MR) is 103 cm³/mol. The summed E-state index contributed by atoms with van der Waals surface area (Å²) in [6, 6.07) is 0. The van der Waals surface area contributed by atoms with Gasteiger partial charge in [0, 0.05) is 37.4 Å². The largest absolute Gasteiger partial charge is 0.469 e. The molecule has 1 saturated carbocycles. The molecule has 1 aliphatic carbocycles. The normalized spacial score (nSPS) is 19.3. The summed E-state index contributed by atoms with van der Waals surface area (Å²) in [4.78, 5) is 24.0. The highest BCUT2D eigenvalue weighted by Gasteiger charge is 2.37. The Kier molecular flexibility index (Phi) is 5.07. The molecule has 1 saturated heterocycles. The van der Waals surface area contributed by atoms with Crippen molar-refractivity contribution in [3.05, 3.63) is 18.6 Å². The third-order valence-corrected chi connectivity index (χ3v) is 6.94. The number of ether oxygens (including phenoxy) is 1. The van der Waals surface area contributed by atoms with E-state index in [4.69, 9.17) is 9.72 Å². The van der Waals surface area contributed by atoms with Gasteiger partial charge < -0.3 is 9.64 Å². The van der Waals surface area contributed by atoms with Crippen molar-refractivity contribution in [2.45, 2.75) is 49.8 Å². The molecule has 7 heteroatoms. The Hall–Kier alpha value is -1.76. The Labute approximate surface area is 158 Å². The molecule has 0 bridgehead atoms. The van der Waals surface area contributed by atoms with E-state index < -0.39 is 0 Å². The summed E-state index contributed by atoms with van der Waals surface area (Å²) in [6.07, 6.45) is 14.3. The van der Waals surface area contributed by atoms with Crippen molar-refractivity contribution in [1.82, 2.24) is 14.4 Å². The molecule has 4 rings (SSSR count). The number of methoxy groups -OCH3 is 1. The molecule has 0 N–H and O–H groups in total. The van der Waals surface area contributed by atoms with Crippen LogP contribution < -0.4 is 4.90 Å². The van der Waals surface area contributed by atoms with Crippen LogP contribution in [0.1, 0.15) is 44.9 Å². The zero-order valence-electron chi connectivity index (χ0n) is 15.3. The lowest BCUT2D eigenvalue weighted by molar-refractivity contribution is -0.140. The van der Waals surface area contributed by atoms with E-state index in [1.165, 1.54) is 45.6 Å². The van der Waals surface area contributed by atoms with Crippen molar-refractivity contribution in [2.75, 3.05) is 30.9 Å². The third kappa shape index (κ3) is 3.41. The number of hydrogen-bond donors (Lipinski definition) is 0. The lowest BCUT2D eigenvalue weighted by atomic mass is 9.77. The molecule has 3 heterocycles. The van der Waals surface area contributed by atoms with Crippen molar-refractivity contribution in [1.29, 1.82) is 0 Å². The van der Waals surface area contributed by atoms with Crippen LogP contribution in [0, 0.1) is 5.41 Å². The number of nitrogens with zero attached hydrogens (tertiary/aromatic N) is 4. The van der Waals surface area contributed by atoms with Gasteiger partial charge in [0.2, 0.25) is 5.95 Å². The van der Waals surface area contributed by atoms with E-state index in [0.717, 1.165) is 29.6 Å². The molecule has 0 radical (unpaired) electrons. The number of rotatable bonds is 5. The highest BCUT2D eigenvalue weighted by Crippen LogP contribution is 2.46. The highest BCUT2D eigenvalue weighted by atomic mass is 32.2. The Morgan fingerprint density at radius 1 is 1.23 bits per heavy atom. The van der Waals surface area contributed by atoms with Gasteiger partial charge in [0.1, 0.15) is 0 Å². The first kappa shape index (κ1) is 17.6. The van der Waals surface area contributed by atoms with Gasteiger partial charge in [-0.05, 0) is 31.1 Å². The predicted octanol–water partition coefficient (Wildman–Crippen LogP) is 3.55. The number of carbonyl (C=O) groups is 1. The summed E-state index contributed by atoms with van der Waals surface area (Å²) in [7, 11) is 1.42. The van der Waals surface area contributed by atoms with Gasteiger partial charge in [-0.15, -0.1) is 11.8 Å². The maximum atomic E-state index is 11.3. The van der Waals surface area contributed by atoms with Crippen molar-refractivity contribution >= 4 is 29.3 Å². The van der Waals surface area contributed by atoms with Gasteiger partial charge in [-0.25, -0.2) is 9.97 Å². The number of imidazole rings is 1. The lowest BCUT2D eigenvalue weighted by Gasteiger charge is -2.39. The van der Waals surface area contributed by atoms with Gasteiger partial charge in [-0.3, -0.25) is 9.20 Å². The minimum atomic E-state index is -0.185. The Morgan fingerprint density at radius 3 is 2.73 bits per heavy atom. The van der Waals surface area contributed by atoms with Gasteiger partial charge in [0.25, 0.3) is 0 Å². The van der Waals surface area contributed by atoms with Crippen molar-refractivity contribution in [3.8, 4) is 0 Å². The van der Waals surface area contributed by atoms with E-state index in [-0.39, 0.29) is 5.97 Å². The number of anilines is 1. The number of piperidine rings is 1. The first-order chi connectivity index (χ1) is 12.7. The Balaban J connectivity index is 1.48. The average Bonchev–Trinajstić information content (AvgIpc) is 3.33. The monoisotopic (exact) mass is 374 g/mol. The van der Waals surface area contributed by atoms with Crippen LogP contribution in [0.3, 0.4) is 0 Å². The number of hydrogen-bond acceptors (Lipinski definition) is 6. The van der Waals surface area contributed by atoms with Crippen molar-refractivity contribution in [3.63, 3.8) is 0 Å². The topological polar surface area (TPSA) is 59.7 Å². The molecule has 0 amide bonds. The van der Waals surface area contributed by atoms with Crippen LogP contribution in [0.15, 0.2) is 23.5 Å². The summed E-state index contributed by atoms with van der Waals surface area (Å²) in [5, 5.41) is 0. The van der Waals surface area contributed by atoms with Crippen LogP contribution in [-0.2, 0) is 9.53 Å². The fourth-order valence-electron chi connectivity index (χ4n) is 4.37. The summed E-state index contributed by atoms with van der Waals surface area (Å²) >= 11 is 1.60. The van der Waals surface area contributed by atoms with Gasteiger partial charge in [0.05, 0.1) is 18.4 Å². The molecule has 1 aliphatic heterocycles. The minimum absolute atomic E-state index is 0.185. The number of esters is 1. The fraction of sp³-hybridized carbons (Fsp3) is 0.632. The van der Waals surface area contributed by atoms with E-state index in [1.54, 1.807) is 11.8 Å². The zero-order chi connectivity index (χ0) is 18.0. The van der Waals surface area contributed by atoms with Gasteiger partial charge in [-0.2, -0.15) is 0 Å². The zero-order valence-corrected chi connectivity index (χ0v) is 16.1. The molecule has 2 aliphatic rings. The molecule has 140 valence electrons. The van der Waals surface area contributed by atoms with Crippen LogP contribution in [0.2, 0.25) is 0 Å². The average molecular weight is 375 g/mol. The molecule has 6 nitrogen and oxygen atoms in total. The molecule has 2 aromatic rings. The van der Waals surface area contributed by atoms with E-state index in [2.05, 4.69) is 14.3 Å². The fourth-order valence-corrected chi connectivity index (χ4v) is 5.27. The summed E-state index contributed by atoms with van der Waals surface area (Å²) in [6.45, 7) is 2.16. The minimum Gasteiger partial charge on any atom is -0.469 e. The smallest absolute Gasteiger partial charge is 0.306 e. The Morgan fingerprint density at radius 2 is 2.00 bits per heavy atom. The van der Waals surface area contributed by atoms with Crippen LogP contribution >= 0.6 is 11.8 Å². The maximum absolute atomic E-state index is 11.3. The van der Waals surface area contributed by atoms with Crippen LogP contribution in [-0.4, -0.2) is 46.3 Å². The molecule has 0 unspecified atom stereocenters. The van der Waals surface area contributed by atoms with Crippen LogP contribution in [0.25, 0.3) is 5.65 Å². The molecule has 26 heavy (non-hydrogen) atoms. The summed E-state index contributed by atoms with van der Waals surface area (Å²) in [5.41, 5.74) is 1.53. The molecule has 2 aromatic heterocycles. The van der Waals surface area contributed by atoms with E-state index in [9.17, 15) is 4.79 Å². The summed E-state index contributed by atoms with van der Waals surface area (Å²) in [5.74, 6) is 1.47. The van der Waals surface area contributed by atoms with E-state index in [0.29, 0.717) is 17.6 Å².